The summed E-state index contributed by atoms with van der Waals surface area (Å²) in [5.74, 6) is -0.214. The molecule has 0 spiro atoms. The zero-order valence-electron chi connectivity index (χ0n) is 16.4. The largest absolute Gasteiger partial charge is 0.320 e. The number of carbonyl (C=O) groups excluding carboxylic acids is 1. The van der Waals surface area contributed by atoms with Crippen LogP contribution in [0.5, 0.6) is 0 Å². The molecule has 0 aliphatic carbocycles. The van der Waals surface area contributed by atoms with E-state index in [1.807, 2.05) is 73.7 Å². The van der Waals surface area contributed by atoms with Crippen LogP contribution in [0, 0.1) is 0 Å². The summed E-state index contributed by atoms with van der Waals surface area (Å²) >= 11 is 0. The summed E-state index contributed by atoms with van der Waals surface area (Å²) in [7, 11) is 0. The van der Waals surface area contributed by atoms with Gasteiger partial charge < -0.3 is 5.32 Å². The number of aryl methyl sites for hydroxylation is 1. The van der Waals surface area contributed by atoms with Crippen LogP contribution in [0.25, 0.3) is 33.2 Å². The maximum Gasteiger partial charge on any atom is 0.256 e. The second kappa shape index (κ2) is 7.40. The molecule has 0 atom stereocenters. The van der Waals surface area contributed by atoms with Crippen LogP contribution >= 0.6 is 0 Å². The Morgan fingerprint density at radius 2 is 1.87 bits per heavy atom. The van der Waals surface area contributed by atoms with Crippen molar-refractivity contribution in [3.63, 3.8) is 0 Å². The van der Waals surface area contributed by atoms with Gasteiger partial charge in [-0.15, -0.1) is 0 Å². The highest BCUT2D eigenvalue weighted by Gasteiger charge is 2.18. The number of nitrogens with one attached hydrogen (secondary N) is 1. The van der Waals surface area contributed by atoms with E-state index in [0.717, 1.165) is 27.5 Å². The molecule has 0 fully saturated rings. The van der Waals surface area contributed by atoms with E-state index in [1.54, 1.807) is 17.1 Å². The van der Waals surface area contributed by atoms with E-state index in [2.05, 4.69) is 15.4 Å². The summed E-state index contributed by atoms with van der Waals surface area (Å²) in [6, 6.07) is 21.3. The fraction of sp³-hybridized carbons (Fsp3) is 0.0833. The number of rotatable bonds is 4. The fourth-order valence-corrected chi connectivity index (χ4v) is 3.62. The molecule has 0 unspecified atom stereocenters. The number of fused-ring (bicyclic) bond motifs is 2. The highest BCUT2D eigenvalue weighted by atomic mass is 16.1. The van der Waals surface area contributed by atoms with Crippen LogP contribution in [0.15, 0.2) is 79.1 Å². The van der Waals surface area contributed by atoms with Gasteiger partial charge in [-0.05, 0) is 25.1 Å². The van der Waals surface area contributed by atoms with E-state index in [0.29, 0.717) is 23.4 Å². The van der Waals surface area contributed by atoms with E-state index in [-0.39, 0.29) is 5.91 Å². The molecule has 6 heteroatoms. The van der Waals surface area contributed by atoms with E-state index in [1.165, 1.54) is 0 Å². The minimum Gasteiger partial charge on any atom is -0.320 e. The summed E-state index contributed by atoms with van der Waals surface area (Å²) in [6.07, 6.45) is 3.43. The van der Waals surface area contributed by atoms with Crippen LogP contribution in [-0.4, -0.2) is 25.7 Å². The second-order valence-corrected chi connectivity index (χ2v) is 6.95. The van der Waals surface area contributed by atoms with Crippen LogP contribution in [0.3, 0.4) is 0 Å². The third-order valence-electron chi connectivity index (χ3n) is 5.10. The van der Waals surface area contributed by atoms with Gasteiger partial charge in [0.05, 0.1) is 34.0 Å². The lowest BCUT2D eigenvalue weighted by molar-refractivity contribution is 0.102. The van der Waals surface area contributed by atoms with Crippen LogP contribution < -0.4 is 5.32 Å². The standard InChI is InChI=1S/C24H19N5O/c1-2-29-23-19(15-26-29)18(14-21(27-23)16-8-4-3-5-9-16)24(30)28-20-12-6-10-17-11-7-13-25-22(17)20/h3-15H,2H2,1H3,(H,28,30). The topological polar surface area (TPSA) is 72.7 Å². The first-order chi connectivity index (χ1) is 14.7. The molecule has 1 amide bonds. The quantitative estimate of drug-likeness (QED) is 0.470. The predicted molar refractivity (Wildman–Crippen MR) is 118 cm³/mol. The highest BCUT2D eigenvalue weighted by molar-refractivity contribution is 6.14. The van der Waals surface area contributed by atoms with Crippen molar-refractivity contribution in [2.24, 2.45) is 0 Å². The Morgan fingerprint density at radius 1 is 1.03 bits per heavy atom. The van der Waals surface area contributed by atoms with Crippen molar-refractivity contribution in [3.8, 4) is 11.3 Å². The molecule has 0 aliphatic heterocycles. The molecule has 146 valence electrons. The van der Waals surface area contributed by atoms with Gasteiger partial charge in [0.15, 0.2) is 5.65 Å². The summed E-state index contributed by atoms with van der Waals surface area (Å²) in [6.45, 7) is 2.67. The Labute approximate surface area is 173 Å². The summed E-state index contributed by atoms with van der Waals surface area (Å²) in [4.78, 5) is 22.6. The number of benzene rings is 2. The van der Waals surface area contributed by atoms with E-state index in [9.17, 15) is 4.79 Å². The van der Waals surface area contributed by atoms with Crippen molar-refractivity contribution < 1.29 is 4.79 Å². The Morgan fingerprint density at radius 3 is 2.70 bits per heavy atom. The molecular formula is C24H19N5O. The van der Waals surface area contributed by atoms with E-state index < -0.39 is 0 Å². The van der Waals surface area contributed by atoms with Gasteiger partial charge in [-0.3, -0.25) is 9.78 Å². The van der Waals surface area contributed by atoms with Crippen LogP contribution in [0.1, 0.15) is 17.3 Å². The minimum atomic E-state index is -0.214. The molecule has 5 rings (SSSR count). The number of aromatic nitrogens is 4. The Kier molecular flexibility index (Phi) is 4.44. The van der Waals surface area contributed by atoms with E-state index in [4.69, 9.17) is 4.98 Å². The number of amides is 1. The van der Waals surface area contributed by atoms with Gasteiger partial charge >= 0.3 is 0 Å². The van der Waals surface area contributed by atoms with Crippen molar-refractivity contribution in [1.82, 2.24) is 19.7 Å². The number of nitrogens with zero attached hydrogens (tertiary/aromatic N) is 4. The molecule has 0 bridgehead atoms. The SMILES string of the molecule is CCn1ncc2c(C(=O)Nc3cccc4cccnc34)cc(-c3ccccc3)nc21. The molecule has 1 N–H and O–H groups in total. The van der Waals surface area contributed by atoms with Gasteiger partial charge in [0, 0.05) is 23.7 Å². The summed E-state index contributed by atoms with van der Waals surface area (Å²) in [5.41, 5.74) is 4.34. The van der Waals surface area contributed by atoms with Crippen molar-refractivity contribution in [3.05, 3.63) is 84.7 Å². The lowest BCUT2D eigenvalue weighted by Gasteiger charge is -2.11. The van der Waals surface area contributed by atoms with Gasteiger partial charge in [0.25, 0.3) is 5.91 Å². The number of hydrogen-bond acceptors (Lipinski definition) is 4. The van der Waals surface area contributed by atoms with Gasteiger partial charge in [0.2, 0.25) is 0 Å². The average molecular weight is 393 g/mol. The van der Waals surface area contributed by atoms with Crippen molar-refractivity contribution in [2.75, 3.05) is 5.32 Å². The lowest BCUT2D eigenvalue weighted by atomic mass is 10.1. The highest BCUT2D eigenvalue weighted by Crippen LogP contribution is 2.27. The number of pyridine rings is 2. The first-order valence-electron chi connectivity index (χ1n) is 9.81. The van der Waals surface area contributed by atoms with Crippen LogP contribution in [0.4, 0.5) is 5.69 Å². The molecular weight excluding hydrogens is 374 g/mol. The minimum absolute atomic E-state index is 0.214. The average Bonchev–Trinajstić information content (AvgIpc) is 3.22. The third-order valence-corrected chi connectivity index (χ3v) is 5.10. The number of carbonyl (C=O) groups is 1. The molecule has 3 aromatic heterocycles. The summed E-state index contributed by atoms with van der Waals surface area (Å²) in [5, 5.41) is 9.14. The van der Waals surface area contributed by atoms with E-state index >= 15 is 0 Å². The van der Waals surface area contributed by atoms with Gasteiger partial charge in [-0.1, -0.05) is 48.5 Å². The summed E-state index contributed by atoms with van der Waals surface area (Å²) < 4.78 is 1.80. The predicted octanol–water partition coefficient (Wildman–Crippen LogP) is 4.92. The molecule has 0 saturated carbocycles. The van der Waals surface area contributed by atoms with Crippen molar-refractivity contribution in [2.45, 2.75) is 13.5 Å². The Bertz CT molecular complexity index is 1370. The van der Waals surface area contributed by atoms with Gasteiger partial charge in [-0.2, -0.15) is 5.10 Å². The Hall–Kier alpha value is -4.06. The van der Waals surface area contributed by atoms with Gasteiger partial charge in [-0.25, -0.2) is 9.67 Å². The number of para-hydroxylation sites is 1. The number of hydrogen-bond donors (Lipinski definition) is 1. The third kappa shape index (κ3) is 3.08. The monoisotopic (exact) mass is 393 g/mol. The molecule has 3 heterocycles. The van der Waals surface area contributed by atoms with Crippen LogP contribution in [-0.2, 0) is 6.54 Å². The zero-order valence-corrected chi connectivity index (χ0v) is 16.4. The first kappa shape index (κ1) is 18.0. The van der Waals surface area contributed by atoms with Crippen molar-refractivity contribution in [1.29, 1.82) is 0 Å². The first-order valence-corrected chi connectivity index (χ1v) is 9.81. The molecule has 0 radical (unpaired) electrons. The van der Waals surface area contributed by atoms with Crippen LogP contribution in [0.2, 0.25) is 0 Å². The smallest absolute Gasteiger partial charge is 0.256 e. The number of anilines is 1. The molecule has 2 aromatic carbocycles. The second-order valence-electron chi connectivity index (χ2n) is 6.95. The molecule has 30 heavy (non-hydrogen) atoms. The maximum absolute atomic E-state index is 13.3. The van der Waals surface area contributed by atoms with Crippen molar-refractivity contribution >= 4 is 33.5 Å². The lowest BCUT2D eigenvalue weighted by Crippen LogP contribution is -2.13. The normalized spacial score (nSPS) is 11.1. The molecule has 0 aliphatic rings. The molecule has 6 nitrogen and oxygen atoms in total. The molecule has 5 aromatic rings. The molecule has 0 saturated heterocycles. The Balaban J connectivity index is 1.64. The fourth-order valence-electron chi connectivity index (χ4n) is 3.62. The van der Waals surface area contributed by atoms with Gasteiger partial charge in [0.1, 0.15) is 0 Å². The zero-order chi connectivity index (χ0) is 20.5. The maximum atomic E-state index is 13.3.